The Balaban J connectivity index is 2.36. The highest BCUT2D eigenvalue weighted by Crippen LogP contribution is 2.27. The molecule has 16 heavy (non-hydrogen) atoms. The van der Waals surface area contributed by atoms with E-state index >= 15 is 0 Å². The third-order valence-electron chi connectivity index (χ3n) is 2.76. The van der Waals surface area contributed by atoms with Crippen LogP contribution in [0.2, 0.25) is 0 Å². The molecule has 0 fully saturated rings. The quantitative estimate of drug-likeness (QED) is 0.719. The van der Waals surface area contributed by atoms with Crippen LogP contribution in [0, 0.1) is 0 Å². The third kappa shape index (κ3) is 4.12. The maximum Gasteiger partial charge on any atom is 0.109 e. The molecule has 0 amide bonds. The first-order chi connectivity index (χ1) is 7.65. The fourth-order valence-corrected chi connectivity index (χ4v) is 2.59. The number of anilines is 1. The summed E-state index contributed by atoms with van der Waals surface area (Å²) in [6, 6.07) is 0. The molecule has 2 N–H and O–H groups in total. The van der Waals surface area contributed by atoms with Crippen LogP contribution >= 0.6 is 11.3 Å². The molecule has 1 aromatic heterocycles. The van der Waals surface area contributed by atoms with Gasteiger partial charge in [-0.05, 0) is 12.8 Å². The zero-order valence-corrected chi connectivity index (χ0v) is 11.6. The number of unbranched alkanes of at least 4 members (excludes halogenated alkanes) is 4. The summed E-state index contributed by atoms with van der Waals surface area (Å²) in [5.74, 6) is 0.501. The van der Waals surface area contributed by atoms with Crippen molar-refractivity contribution in [2.24, 2.45) is 0 Å². The summed E-state index contributed by atoms with van der Waals surface area (Å²) in [6.45, 7) is 6.58. The molecule has 2 nitrogen and oxygen atoms in total. The Morgan fingerprint density at radius 2 is 1.88 bits per heavy atom. The molecule has 3 heteroatoms. The molecule has 1 rings (SSSR count). The van der Waals surface area contributed by atoms with E-state index in [-0.39, 0.29) is 0 Å². The van der Waals surface area contributed by atoms with Gasteiger partial charge in [-0.15, -0.1) is 11.3 Å². The molecule has 0 aliphatic rings. The summed E-state index contributed by atoms with van der Waals surface area (Å²) in [7, 11) is 0. The van der Waals surface area contributed by atoms with Gasteiger partial charge >= 0.3 is 0 Å². The Bertz CT molecular complexity index is 305. The SMILES string of the molecule is CCCCCCCc1nc(C(C)C)sc1N. The summed E-state index contributed by atoms with van der Waals surface area (Å²) < 4.78 is 0. The highest BCUT2D eigenvalue weighted by Gasteiger charge is 2.10. The number of nitrogens with two attached hydrogens (primary N) is 1. The zero-order chi connectivity index (χ0) is 12.0. The molecule has 0 saturated carbocycles. The van der Waals surface area contributed by atoms with Gasteiger partial charge in [0.2, 0.25) is 0 Å². The fourth-order valence-electron chi connectivity index (χ4n) is 1.70. The average Bonchev–Trinajstić information content (AvgIpc) is 2.60. The van der Waals surface area contributed by atoms with Crippen LogP contribution in [-0.2, 0) is 6.42 Å². The van der Waals surface area contributed by atoms with Crippen molar-refractivity contribution in [2.75, 3.05) is 5.73 Å². The maximum atomic E-state index is 5.98. The lowest BCUT2D eigenvalue weighted by molar-refractivity contribution is 0.628. The van der Waals surface area contributed by atoms with E-state index < -0.39 is 0 Å². The van der Waals surface area contributed by atoms with E-state index in [1.807, 2.05) is 0 Å². The molecule has 92 valence electrons. The monoisotopic (exact) mass is 240 g/mol. The highest BCUT2D eigenvalue weighted by atomic mass is 32.1. The van der Waals surface area contributed by atoms with Crippen molar-refractivity contribution in [1.29, 1.82) is 0 Å². The van der Waals surface area contributed by atoms with Gasteiger partial charge in [0, 0.05) is 5.92 Å². The van der Waals surface area contributed by atoms with Crippen molar-refractivity contribution in [3.63, 3.8) is 0 Å². The van der Waals surface area contributed by atoms with Crippen LogP contribution in [0.1, 0.15) is 69.5 Å². The lowest BCUT2D eigenvalue weighted by Gasteiger charge is -1.99. The minimum Gasteiger partial charge on any atom is -0.389 e. The van der Waals surface area contributed by atoms with Gasteiger partial charge in [0.15, 0.2) is 0 Å². The summed E-state index contributed by atoms with van der Waals surface area (Å²) in [5, 5.41) is 2.11. The Hall–Kier alpha value is -0.570. The zero-order valence-electron chi connectivity index (χ0n) is 10.8. The van der Waals surface area contributed by atoms with Gasteiger partial charge in [-0.1, -0.05) is 46.5 Å². The smallest absolute Gasteiger partial charge is 0.109 e. The van der Waals surface area contributed by atoms with Crippen molar-refractivity contribution in [3.8, 4) is 0 Å². The molecule has 0 aliphatic heterocycles. The first-order valence-corrected chi connectivity index (χ1v) is 7.21. The van der Waals surface area contributed by atoms with Gasteiger partial charge in [0.05, 0.1) is 10.7 Å². The van der Waals surface area contributed by atoms with Crippen LogP contribution in [0.15, 0.2) is 0 Å². The maximum absolute atomic E-state index is 5.98. The molecule has 1 aromatic rings. The number of aryl methyl sites for hydroxylation is 1. The van der Waals surface area contributed by atoms with E-state index in [0.29, 0.717) is 5.92 Å². The molecule has 0 radical (unpaired) electrons. The number of hydrogen-bond acceptors (Lipinski definition) is 3. The fraction of sp³-hybridized carbons (Fsp3) is 0.769. The van der Waals surface area contributed by atoms with Crippen molar-refractivity contribution in [1.82, 2.24) is 4.98 Å². The second-order valence-electron chi connectivity index (χ2n) is 4.68. The number of aromatic nitrogens is 1. The van der Waals surface area contributed by atoms with Crippen molar-refractivity contribution < 1.29 is 0 Å². The minimum atomic E-state index is 0.501. The second kappa shape index (κ2) is 6.89. The van der Waals surface area contributed by atoms with Crippen LogP contribution < -0.4 is 5.73 Å². The Kier molecular flexibility index (Phi) is 5.81. The Morgan fingerprint density at radius 1 is 1.19 bits per heavy atom. The Labute approximate surface area is 103 Å². The predicted molar refractivity (Wildman–Crippen MR) is 73.1 cm³/mol. The summed E-state index contributed by atoms with van der Waals surface area (Å²) in [5.41, 5.74) is 7.11. The van der Waals surface area contributed by atoms with E-state index in [9.17, 15) is 0 Å². The van der Waals surface area contributed by atoms with Crippen LogP contribution in [0.3, 0.4) is 0 Å². The topological polar surface area (TPSA) is 38.9 Å². The molecule has 0 aromatic carbocycles. The number of thiazole rings is 1. The van der Waals surface area contributed by atoms with Gasteiger partial charge in [0.1, 0.15) is 5.00 Å². The molecule has 0 atom stereocenters. The van der Waals surface area contributed by atoms with Crippen LogP contribution in [-0.4, -0.2) is 4.98 Å². The van der Waals surface area contributed by atoms with Crippen LogP contribution in [0.5, 0.6) is 0 Å². The molecule has 0 spiro atoms. The van der Waals surface area contributed by atoms with E-state index in [4.69, 9.17) is 5.73 Å². The third-order valence-corrected chi connectivity index (χ3v) is 3.98. The molecule has 0 aliphatic carbocycles. The highest BCUT2D eigenvalue weighted by molar-refractivity contribution is 7.15. The largest absolute Gasteiger partial charge is 0.389 e. The Morgan fingerprint density at radius 3 is 2.44 bits per heavy atom. The standard InChI is InChI=1S/C13H24N2S/c1-4-5-6-7-8-9-11-12(14)16-13(15-11)10(2)3/h10H,4-9,14H2,1-3H3. The average molecular weight is 240 g/mol. The molecular weight excluding hydrogens is 216 g/mol. The summed E-state index contributed by atoms with van der Waals surface area (Å²) >= 11 is 1.66. The molecular formula is C13H24N2S. The normalized spacial score (nSPS) is 11.2. The van der Waals surface area contributed by atoms with Crippen molar-refractivity contribution in [3.05, 3.63) is 10.7 Å². The lowest BCUT2D eigenvalue weighted by atomic mass is 10.1. The lowest BCUT2D eigenvalue weighted by Crippen LogP contribution is -1.93. The van der Waals surface area contributed by atoms with Gasteiger partial charge in [-0.3, -0.25) is 0 Å². The van der Waals surface area contributed by atoms with E-state index in [2.05, 4.69) is 25.8 Å². The minimum absolute atomic E-state index is 0.501. The number of nitrogens with zero attached hydrogens (tertiary/aromatic N) is 1. The van der Waals surface area contributed by atoms with Crippen molar-refractivity contribution >= 4 is 16.3 Å². The van der Waals surface area contributed by atoms with E-state index in [1.54, 1.807) is 11.3 Å². The summed E-state index contributed by atoms with van der Waals surface area (Å²) in [4.78, 5) is 4.62. The molecule has 0 unspecified atom stereocenters. The van der Waals surface area contributed by atoms with Crippen LogP contribution in [0.25, 0.3) is 0 Å². The van der Waals surface area contributed by atoms with E-state index in [0.717, 1.165) is 17.1 Å². The second-order valence-corrected chi connectivity index (χ2v) is 5.74. The summed E-state index contributed by atoms with van der Waals surface area (Å²) in [6.07, 6.45) is 7.59. The first-order valence-electron chi connectivity index (χ1n) is 6.40. The van der Waals surface area contributed by atoms with Gasteiger partial charge in [0.25, 0.3) is 0 Å². The van der Waals surface area contributed by atoms with Gasteiger partial charge in [-0.2, -0.15) is 0 Å². The molecule has 1 heterocycles. The van der Waals surface area contributed by atoms with E-state index in [1.165, 1.54) is 37.1 Å². The van der Waals surface area contributed by atoms with Crippen LogP contribution in [0.4, 0.5) is 5.00 Å². The number of rotatable bonds is 7. The van der Waals surface area contributed by atoms with Crippen molar-refractivity contribution in [2.45, 2.75) is 65.2 Å². The molecule has 0 bridgehead atoms. The van der Waals surface area contributed by atoms with Gasteiger partial charge < -0.3 is 5.73 Å². The van der Waals surface area contributed by atoms with Gasteiger partial charge in [-0.25, -0.2) is 4.98 Å². The number of nitrogen functional groups attached to an aromatic ring is 1. The molecule has 0 saturated heterocycles. The first kappa shape index (κ1) is 13.5. The predicted octanol–water partition coefficient (Wildman–Crippen LogP) is 4.36. The number of hydrogen-bond donors (Lipinski definition) is 1.